The third-order valence-corrected chi connectivity index (χ3v) is 3.65. The normalized spacial score (nSPS) is 30.2. The van der Waals surface area contributed by atoms with Gasteiger partial charge in [-0.3, -0.25) is 4.18 Å². The van der Waals surface area contributed by atoms with Gasteiger partial charge in [0, 0.05) is 26.2 Å². The van der Waals surface area contributed by atoms with Crippen LogP contribution < -0.4 is 0 Å². The summed E-state index contributed by atoms with van der Waals surface area (Å²) in [5, 5.41) is 8.86. The molecule has 0 aromatic rings. The lowest BCUT2D eigenvalue weighted by atomic mass is 10.3. The summed E-state index contributed by atoms with van der Waals surface area (Å²) in [6.07, 6.45) is 2.67. The van der Waals surface area contributed by atoms with Crippen molar-refractivity contribution in [3.8, 4) is 0 Å². The molecule has 2 heterocycles. The molecule has 0 aromatic heterocycles. The Labute approximate surface area is 110 Å². The molecule has 0 saturated carbocycles. The van der Waals surface area contributed by atoms with E-state index in [9.17, 15) is 8.42 Å². The van der Waals surface area contributed by atoms with Gasteiger partial charge >= 0.3 is 0 Å². The fourth-order valence-corrected chi connectivity index (χ4v) is 2.78. The van der Waals surface area contributed by atoms with Crippen LogP contribution in [0.15, 0.2) is 0 Å². The predicted molar refractivity (Wildman–Crippen MR) is 70.0 cm³/mol. The smallest absolute Gasteiger partial charge is 0.264 e. The highest BCUT2D eigenvalue weighted by molar-refractivity contribution is 7.86. The van der Waals surface area contributed by atoms with Crippen LogP contribution in [0.2, 0.25) is 0 Å². The van der Waals surface area contributed by atoms with Gasteiger partial charge in [-0.15, -0.1) is 0 Å². The molecule has 2 aliphatic rings. The van der Waals surface area contributed by atoms with Gasteiger partial charge in [-0.05, 0) is 26.9 Å². The van der Waals surface area contributed by atoms with E-state index in [-0.39, 0.29) is 12.2 Å². The van der Waals surface area contributed by atoms with Crippen LogP contribution in [0, 0.1) is 0 Å². The van der Waals surface area contributed by atoms with Crippen molar-refractivity contribution in [3.05, 3.63) is 0 Å². The summed E-state index contributed by atoms with van der Waals surface area (Å²) in [4.78, 5) is 4.18. The van der Waals surface area contributed by atoms with Crippen LogP contribution >= 0.6 is 0 Å². The molecule has 6 nitrogen and oxygen atoms in total. The van der Waals surface area contributed by atoms with E-state index in [4.69, 9.17) is 9.29 Å². The van der Waals surface area contributed by atoms with Gasteiger partial charge in [-0.1, -0.05) is 0 Å². The first kappa shape index (κ1) is 15.8. The fraction of sp³-hybridized carbons (Fsp3) is 1.00. The molecule has 2 saturated heterocycles. The maximum atomic E-state index is 10.7. The number of β-amino-alcohol motifs (C(OH)–C–C–N with tert-alkyl or cyclic N) is 1. The molecule has 0 amide bonds. The minimum atomic E-state index is -3.26. The lowest BCUT2D eigenvalue weighted by Gasteiger charge is -2.08. The lowest BCUT2D eigenvalue weighted by molar-refractivity contribution is 0.182. The monoisotopic (exact) mass is 280 g/mol. The second kappa shape index (κ2) is 6.81. The minimum Gasteiger partial charge on any atom is -0.392 e. The zero-order valence-corrected chi connectivity index (χ0v) is 12.2. The first-order valence-electron chi connectivity index (χ1n) is 6.19. The Kier molecular flexibility index (Phi) is 6.00. The average Bonchev–Trinajstić information content (AvgIpc) is 2.74. The first-order valence-corrected chi connectivity index (χ1v) is 8.01. The predicted octanol–water partition coefficient (Wildman–Crippen LogP) is -0.650. The molecule has 7 heteroatoms. The molecule has 18 heavy (non-hydrogen) atoms. The van der Waals surface area contributed by atoms with Gasteiger partial charge in [0.25, 0.3) is 10.1 Å². The van der Waals surface area contributed by atoms with Crippen molar-refractivity contribution >= 4 is 10.1 Å². The molecule has 0 aliphatic carbocycles. The van der Waals surface area contributed by atoms with Crippen molar-refractivity contribution in [3.63, 3.8) is 0 Å². The van der Waals surface area contributed by atoms with E-state index in [1.54, 1.807) is 0 Å². The molecule has 0 spiro atoms. The van der Waals surface area contributed by atoms with E-state index >= 15 is 0 Å². The van der Waals surface area contributed by atoms with Gasteiger partial charge in [-0.2, -0.15) is 8.42 Å². The van der Waals surface area contributed by atoms with E-state index in [1.807, 2.05) is 14.1 Å². The second-order valence-corrected chi connectivity index (χ2v) is 6.78. The summed E-state index contributed by atoms with van der Waals surface area (Å²) in [5.41, 5.74) is 0. The highest BCUT2D eigenvalue weighted by Gasteiger charge is 2.23. The SMILES string of the molecule is CN1CCC(O)C1.CN1CCC(OS(C)(=O)=O)C1. The van der Waals surface area contributed by atoms with Crippen LogP contribution in [0.5, 0.6) is 0 Å². The quantitative estimate of drug-likeness (QED) is 0.678. The number of nitrogens with zero attached hydrogens (tertiary/aromatic N) is 2. The van der Waals surface area contributed by atoms with Crippen LogP contribution in [0.25, 0.3) is 0 Å². The molecule has 2 atom stereocenters. The number of likely N-dealkylation sites (N-methyl/N-ethyl adjacent to an activating group) is 2. The molecule has 0 aromatic carbocycles. The molecule has 108 valence electrons. The van der Waals surface area contributed by atoms with Crippen molar-refractivity contribution < 1.29 is 17.7 Å². The van der Waals surface area contributed by atoms with Gasteiger partial charge in [0.1, 0.15) is 0 Å². The Bertz CT molecular complexity index is 339. The summed E-state index contributed by atoms with van der Waals surface area (Å²) in [6, 6.07) is 0. The molecule has 1 N–H and O–H groups in total. The van der Waals surface area contributed by atoms with Crippen molar-refractivity contribution in [1.82, 2.24) is 9.80 Å². The second-order valence-electron chi connectivity index (χ2n) is 5.18. The topological polar surface area (TPSA) is 70.1 Å². The maximum Gasteiger partial charge on any atom is 0.264 e. The summed E-state index contributed by atoms with van der Waals surface area (Å²) >= 11 is 0. The number of likely N-dealkylation sites (tertiary alicyclic amines) is 2. The van der Waals surface area contributed by atoms with Crippen LogP contribution in [0.3, 0.4) is 0 Å². The summed E-state index contributed by atoms with van der Waals surface area (Å²) in [7, 11) is 0.716. The molecule has 2 unspecified atom stereocenters. The average molecular weight is 280 g/mol. The summed E-state index contributed by atoms with van der Waals surface area (Å²) in [6.45, 7) is 3.55. The van der Waals surface area contributed by atoms with Crippen LogP contribution in [-0.2, 0) is 14.3 Å². The van der Waals surface area contributed by atoms with Gasteiger partial charge in [-0.25, -0.2) is 0 Å². The van der Waals surface area contributed by atoms with E-state index in [0.29, 0.717) is 6.54 Å². The maximum absolute atomic E-state index is 10.7. The van der Waals surface area contributed by atoms with Gasteiger partial charge in [0.2, 0.25) is 0 Å². The Morgan fingerprint density at radius 2 is 1.67 bits per heavy atom. The third kappa shape index (κ3) is 6.65. The van der Waals surface area contributed by atoms with Gasteiger partial charge in [0.15, 0.2) is 0 Å². The number of aliphatic hydroxyl groups is 1. The molecule has 0 bridgehead atoms. The van der Waals surface area contributed by atoms with E-state index < -0.39 is 10.1 Å². The number of aliphatic hydroxyl groups excluding tert-OH is 1. The standard InChI is InChI=1S/C6H13NO3S.C5H11NO/c1-7-4-3-6(5-7)10-11(2,8)9;1-6-3-2-5(7)4-6/h6H,3-5H2,1-2H3;5,7H,2-4H2,1H3. The molecule has 0 radical (unpaired) electrons. The highest BCUT2D eigenvalue weighted by atomic mass is 32.2. The lowest BCUT2D eigenvalue weighted by Crippen LogP contribution is -2.21. The zero-order valence-electron chi connectivity index (χ0n) is 11.4. The molecular weight excluding hydrogens is 256 g/mol. The Morgan fingerprint density at radius 1 is 1.11 bits per heavy atom. The van der Waals surface area contributed by atoms with E-state index in [2.05, 4.69) is 9.80 Å². The first-order chi connectivity index (χ1) is 8.26. The van der Waals surface area contributed by atoms with E-state index in [1.165, 1.54) is 0 Å². The molecule has 2 fully saturated rings. The summed E-state index contributed by atoms with van der Waals surface area (Å²) < 4.78 is 26.1. The van der Waals surface area contributed by atoms with Crippen molar-refractivity contribution in [2.24, 2.45) is 0 Å². The largest absolute Gasteiger partial charge is 0.392 e. The van der Waals surface area contributed by atoms with Crippen molar-refractivity contribution in [1.29, 1.82) is 0 Å². The van der Waals surface area contributed by atoms with Crippen molar-refractivity contribution in [2.75, 3.05) is 46.5 Å². The number of hydrogen-bond donors (Lipinski definition) is 1. The van der Waals surface area contributed by atoms with Gasteiger partial charge < -0.3 is 14.9 Å². The Balaban J connectivity index is 0.000000199. The Morgan fingerprint density at radius 3 is 1.94 bits per heavy atom. The highest BCUT2D eigenvalue weighted by Crippen LogP contribution is 2.11. The minimum absolute atomic E-state index is 0.0509. The third-order valence-electron chi connectivity index (χ3n) is 3.03. The number of hydrogen-bond acceptors (Lipinski definition) is 6. The Hall–Kier alpha value is -0.210. The zero-order chi connectivity index (χ0) is 13.8. The molecular formula is C11H24N2O4S. The van der Waals surface area contributed by atoms with E-state index in [0.717, 1.165) is 38.7 Å². The molecule has 2 aliphatic heterocycles. The van der Waals surface area contributed by atoms with Crippen LogP contribution in [-0.4, -0.2) is 82.1 Å². The van der Waals surface area contributed by atoms with Crippen molar-refractivity contribution in [2.45, 2.75) is 25.0 Å². The fourth-order valence-electron chi connectivity index (χ4n) is 2.13. The summed E-state index contributed by atoms with van der Waals surface area (Å²) in [5.74, 6) is 0. The van der Waals surface area contributed by atoms with Crippen LogP contribution in [0.1, 0.15) is 12.8 Å². The number of rotatable bonds is 2. The van der Waals surface area contributed by atoms with Crippen LogP contribution in [0.4, 0.5) is 0 Å². The van der Waals surface area contributed by atoms with Gasteiger partial charge in [0.05, 0.1) is 18.5 Å². The molecule has 2 rings (SSSR count).